The van der Waals surface area contributed by atoms with Crippen molar-refractivity contribution in [2.75, 3.05) is 6.54 Å². The van der Waals surface area contributed by atoms with Crippen molar-refractivity contribution in [2.45, 2.75) is 51.5 Å². The van der Waals surface area contributed by atoms with Crippen molar-refractivity contribution in [3.05, 3.63) is 35.7 Å². The molecule has 1 atom stereocenters. The number of nitrogens with one attached hydrogen (secondary N) is 1. The summed E-state index contributed by atoms with van der Waals surface area (Å²) in [6.07, 6.45) is 3.08. The maximum Gasteiger partial charge on any atom is 0.227 e. The lowest BCUT2D eigenvalue weighted by atomic mass is 10.0. The van der Waals surface area contributed by atoms with Crippen LogP contribution in [0.15, 0.2) is 28.8 Å². The van der Waals surface area contributed by atoms with Crippen LogP contribution in [0.3, 0.4) is 0 Å². The topological polar surface area (TPSA) is 94.0 Å². The van der Waals surface area contributed by atoms with E-state index in [1.165, 1.54) is 5.56 Å². The van der Waals surface area contributed by atoms with Crippen molar-refractivity contribution in [1.29, 1.82) is 0 Å². The first-order valence-electron chi connectivity index (χ1n) is 8.99. The molecule has 6 nitrogen and oxygen atoms in total. The molecule has 0 radical (unpaired) electrons. The Morgan fingerprint density at radius 2 is 2.00 bits per heavy atom. The lowest BCUT2D eigenvalue weighted by molar-refractivity contribution is -0.121. The van der Waals surface area contributed by atoms with Gasteiger partial charge in [0.1, 0.15) is 0 Å². The number of amides is 1. The summed E-state index contributed by atoms with van der Waals surface area (Å²) in [6.45, 7) is 4.81. The van der Waals surface area contributed by atoms with Gasteiger partial charge >= 0.3 is 0 Å². The van der Waals surface area contributed by atoms with Crippen LogP contribution in [0, 0.1) is 5.92 Å². The quantitative estimate of drug-likeness (QED) is 0.736. The lowest BCUT2D eigenvalue weighted by Crippen LogP contribution is -2.41. The van der Waals surface area contributed by atoms with Gasteiger partial charge in [0.15, 0.2) is 0 Å². The summed E-state index contributed by atoms with van der Waals surface area (Å²) < 4.78 is 5.27. The van der Waals surface area contributed by atoms with Crippen LogP contribution >= 0.6 is 12.4 Å². The van der Waals surface area contributed by atoms with Crippen molar-refractivity contribution in [1.82, 2.24) is 15.5 Å². The van der Waals surface area contributed by atoms with Crippen molar-refractivity contribution in [2.24, 2.45) is 11.7 Å². The molecule has 0 spiro atoms. The fourth-order valence-corrected chi connectivity index (χ4v) is 2.86. The summed E-state index contributed by atoms with van der Waals surface area (Å²) in [4.78, 5) is 16.4. The molecule has 2 aromatic rings. The summed E-state index contributed by atoms with van der Waals surface area (Å²) in [7, 11) is 0. The monoisotopic (exact) mass is 378 g/mol. The van der Waals surface area contributed by atoms with Gasteiger partial charge in [0.05, 0.1) is 0 Å². The van der Waals surface area contributed by atoms with Crippen molar-refractivity contribution in [3.63, 3.8) is 0 Å². The van der Waals surface area contributed by atoms with E-state index in [1.807, 2.05) is 12.1 Å². The Balaban J connectivity index is 0.00000243. The Morgan fingerprint density at radius 1 is 1.31 bits per heavy atom. The SMILES string of the molecule is CC(C)c1ccc(-c2noc(CCC(=O)NC(CN)C3CC3)n2)cc1.Cl. The average Bonchev–Trinajstić information content (AvgIpc) is 3.35. The molecule has 1 aromatic carbocycles. The molecule has 1 aliphatic carbocycles. The zero-order chi connectivity index (χ0) is 17.8. The molecule has 1 amide bonds. The number of aryl methyl sites for hydroxylation is 1. The van der Waals surface area contributed by atoms with Crippen molar-refractivity contribution >= 4 is 18.3 Å². The van der Waals surface area contributed by atoms with Crippen LogP contribution in [0.4, 0.5) is 0 Å². The maximum absolute atomic E-state index is 12.0. The molecular formula is C19H27ClN4O2. The van der Waals surface area contributed by atoms with Gasteiger partial charge in [0.25, 0.3) is 0 Å². The zero-order valence-corrected chi connectivity index (χ0v) is 16.1. The highest BCUT2D eigenvalue weighted by Crippen LogP contribution is 2.32. The number of carbonyl (C=O) groups excluding carboxylic acids is 1. The number of nitrogens with two attached hydrogens (primary N) is 1. The number of rotatable bonds is 8. The van der Waals surface area contributed by atoms with Gasteiger partial charge in [-0.25, -0.2) is 0 Å². The smallest absolute Gasteiger partial charge is 0.227 e. The van der Waals surface area contributed by atoms with Crippen LogP contribution in [-0.2, 0) is 11.2 Å². The van der Waals surface area contributed by atoms with Crippen LogP contribution in [0.2, 0.25) is 0 Å². The molecule has 142 valence electrons. The Kier molecular flexibility index (Phi) is 7.17. The van der Waals surface area contributed by atoms with E-state index in [0.717, 1.165) is 18.4 Å². The molecule has 1 aromatic heterocycles. The van der Waals surface area contributed by atoms with Gasteiger partial charge in [0, 0.05) is 31.0 Å². The van der Waals surface area contributed by atoms with E-state index < -0.39 is 0 Å². The van der Waals surface area contributed by atoms with Gasteiger partial charge < -0.3 is 15.6 Å². The molecule has 1 fully saturated rings. The molecule has 1 aliphatic rings. The predicted molar refractivity (Wildman–Crippen MR) is 103 cm³/mol. The first-order valence-corrected chi connectivity index (χ1v) is 8.99. The Labute approximate surface area is 160 Å². The number of benzene rings is 1. The van der Waals surface area contributed by atoms with E-state index in [-0.39, 0.29) is 24.4 Å². The van der Waals surface area contributed by atoms with Gasteiger partial charge in [0.2, 0.25) is 17.6 Å². The number of carbonyl (C=O) groups is 1. The lowest BCUT2D eigenvalue weighted by Gasteiger charge is -2.15. The number of aromatic nitrogens is 2. The number of halogens is 1. The predicted octanol–water partition coefficient (Wildman–Crippen LogP) is 3.07. The van der Waals surface area contributed by atoms with E-state index in [1.54, 1.807) is 0 Å². The summed E-state index contributed by atoms with van der Waals surface area (Å²) in [6, 6.07) is 8.25. The largest absolute Gasteiger partial charge is 0.352 e. The van der Waals surface area contributed by atoms with Gasteiger partial charge in [-0.05, 0) is 30.2 Å². The highest BCUT2D eigenvalue weighted by Gasteiger charge is 2.31. The Bertz CT molecular complexity index is 711. The Hall–Kier alpha value is -1.92. The van der Waals surface area contributed by atoms with Gasteiger partial charge in [-0.2, -0.15) is 4.98 Å². The Morgan fingerprint density at radius 3 is 2.58 bits per heavy atom. The second-order valence-electron chi connectivity index (χ2n) is 7.04. The van der Waals surface area contributed by atoms with Crippen LogP contribution in [0.1, 0.15) is 50.5 Å². The zero-order valence-electron chi connectivity index (χ0n) is 15.3. The number of hydrogen-bond donors (Lipinski definition) is 2. The highest BCUT2D eigenvalue weighted by atomic mass is 35.5. The van der Waals surface area contributed by atoms with Gasteiger partial charge in [-0.3, -0.25) is 4.79 Å². The third-order valence-corrected chi connectivity index (χ3v) is 4.66. The first-order chi connectivity index (χ1) is 12.1. The molecule has 1 heterocycles. The molecule has 3 rings (SSSR count). The van der Waals surface area contributed by atoms with Gasteiger partial charge in [-0.1, -0.05) is 43.3 Å². The number of nitrogens with zero attached hydrogens (tertiary/aromatic N) is 2. The van der Waals surface area contributed by atoms with Crippen molar-refractivity contribution in [3.8, 4) is 11.4 Å². The summed E-state index contributed by atoms with van der Waals surface area (Å²) in [5.74, 6) is 2.07. The normalized spacial score (nSPS) is 14.8. The van der Waals surface area contributed by atoms with E-state index in [4.69, 9.17) is 10.3 Å². The molecule has 3 N–H and O–H groups in total. The molecule has 0 aliphatic heterocycles. The standard InChI is InChI=1S/C19H26N4O2.ClH/c1-12(2)13-3-7-15(8-4-13)19-22-18(25-23-19)10-9-17(24)21-16(11-20)14-5-6-14;/h3-4,7-8,12,14,16H,5-6,9-11,20H2,1-2H3,(H,21,24);1H. The fourth-order valence-electron chi connectivity index (χ4n) is 2.86. The van der Waals surface area contributed by atoms with Crippen LogP contribution in [-0.4, -0.2) is 28.6 Å². The minimum Gasteiger partial charge on any atom is -0.352 e. The van der Waals surface area contributed by atoms with Crippen LogP contribution in [0.5, 0.6) is 0 Å². The maximum atomic E-state index is 12.0. The average molecular weight is 379 g/mol. The molecule has 7 heteroatoms. The van der Waals surface area contributed by atoms with Crippen LogP contribution < -0.4 is 11.1 Å². The summed E-state index contributed by atoms with van der Waals surface area (Å²) >= 11 is 0. The fraction of sp³-hybridized carbons (Fsp3) is 0.526. The third-order valence-electron chi connectivity index (χ3n) is 4.66. The minimum atomic E-state index is -0.0108. The summed E-state index contributed by atoms with van der Waals surface area (Å²) in [5, 5.41) is 7.02. The van der Waals surface area contributed by atoms with Crippen LogP contribution in [0.25, 0.3) is 11.4 Å². The summed E-state index contributed by atoms with van der Waals surface area (Å²) in [5.41, 5.74) is 7.90. The van der Waals surface area contributed by atoms with E-state index in [9.17, 15) is 4.79 Å². The highest BCUT2D eigenvalue weighted by molar-refractivity contribution is 5.85. The number of hydrogen-bond acceptors (Lipinski definition) is 5. The third kappa shape index (κ3) is 5.29. The van der Waals surface area contributed by atoms with E-state index in [0.29, 0.717) is 42.9 Å². The molecular weight excluding hydrogens is 352 g/mol. The first kappa shape index (κ1) is 20.4. The second-order valence-corrected chi connectivity index (χ2v) is 7.04. The molecule has 0 saturated heterocycles. The molecule has 1 unspecified atom stereocenters. The minimum absolute atomic E-state index is 0. The molecule has 0 bridgehead atoms. The van der Waals surface area contributed by atoms with E-state index in [2.05, 4.69) is 41.4 Å². The molecule has 1 saturated carbocycles. The molecule has 26 heavy (non-hydrogen) atoms. The van der Waals surface area contributed by atoms with Gasteiger partial charge in [-0.15, -0.1) is 12.4 Å². The van der Waals surface area contributed by atoms with Crippen molar-refractivity contribution < 1.29 is 9.32 Å². The van der Waals surface area contributed by atoms with E-state index >= 15 is 0 Å². The second kappa shape index (κ2) is 9.14.